The van der Waals surface area contributed by atoms with Gasteiger partial charge in [0.1, 0.15) is 23.4 Å². The van der Waals surface area contributed by atoms with Crippen molar-refractivity contribution >= 4 is 11.5 Å². The van der Waals surface area contributed by atoms with Crippen LogP contribution in [0.25, 0.3) is 11.4 Å². The van der Waals surface area contributed by atoms with Crippen LogP contribution in [-0.2, 0) is 0 Å². The molecule has 1 saturated carbocycles. The van der Waals surface area contributed by atoms with Crippen molar-refractivity contribution in [2.75, 3.05) is 36.0 Å². The number of nitrogens with zero attached hydrogens (tertiary/aromatic N) is 8. The molecule has 2 aliphatic heterocycles. The van der Waals surface area contributed by atoms with Crippen LogP contribution in [0, 0.1) is 5.41 Å². The van der Waals surface area contributed by atoms with E-state index in [2.05, 4.69) is 25.2 Å². The highest BCUT2D eigenvalue weighted by molar-refractivity contribution is 5.56. The fraction of sp³-hybridized carbons (Fsp3) is 0.522. The van der Waals surface area contributed by atoms with E-state index >= 15 is 0 Å². The van der Waals surface area contributed by atoms with Gasteiger partial charge in [-0.15, -0.1) is 5.10 Å². The normalized spacial score (nSPS) is 21.4. The van der Waals surface area contributed by atoms with Crippen LogP contribution >= 0.6 is 0 Å². The maximum absolute atomic E-state index is 13.5. The number of piperidine rings is 1. The molecule has 2 saturated heterocycles. The lowest BCUT2D eigenvalue weighted by Gasteiger charge is -2.40. The van der Waals surface area contributed by atoms with Crippen LogP contribution < -0.4 is 15.4 Å². The minimum atomic E-state index is -2.56. The molecule has 0 aromatic carbocycles. The van der Waals surface area contributed by atoms with Gasteiger partial charge in [-0.2, -0.15) is 0 Å². The molecule has 3 fully saturated rings. The van der Waals surface area contributed by atoms with Crippen molar-refractivity contribution in [1.82, 2.24) is 29.5 Å². The van der Waals surface area contributed by atoms with Gasteiger partial charge in [0.05, 0.1) is 24.0 Å². The van der Waals surface area contributed by atoms with Crippen molar-refractivity contribution in [2.24, 2.45) is 5.41 Å². The standard InChI is InChI=1S/C23H26F2N8O/c1-16(32-8-5-17(9-21(32)34)30-6-3-2-4-7-30)33-12-19(28-29-33)18-10-26-11-20(27-18)31-14-22(15-31)13-23(22,24)25/h5,8-12,16H,2-4,6-7,13-15H2,1H3. The zero-order valence-corrected chi connectivity index (χ0v) is 18.9. The Morgan fingerprint density at radius 2 is 1.82 bits per heavy atom. The predicted molar refractivity (Wildman–Crippen MR) is 122 cm³/mol. The summed E-state index contributed by atoms with van der Waals surface area (Å²) in [4.78, 5) is 25.7. The third kappa shape index (κ3) is 3.45. The summed E-state index contributed by atoms with van der Waals surface area (Å²) in [6.07, 6.45) is 9.77. The third-order valence-corrected chi connectivity index (χ3v) is 7.36. The van der Waals surface area contributed by atoms with E-state index in [0.717, 1.165) is 31.6 Å². The summed E-state index contributed by atoms with van der Waals surface area (Å²) < 4.78 is 30.3. The first kappa shape index (κ1) is 21.2. The highest BCUT2D eigenvalue weighted by Crippen LogP contribution is 2.65. The van der Waals surface area contributed by atoms with E-state index in [-0.39, 0.29) is 31.2 Å². The number of rotatable bonds is 5. The molecule has 0 bridgehead atoms. The van der Waals surface area contributed by atoms with Crippen LogP contribution in [0.3, 0.4) is 0 Å². The van der Waals surface area contributed by atoms with Gasteiger partial charge in [-0.1, -0.05) is 5.21 Å². The van der Waals surface area contributed by atoms with Crippen LogP contribution in [0.2, 0.25) is 0 Å². The molecular weight excluding hydrogens is 442 g/mol. The lowest BCUT2D eigenvalue weighted by Crippen LogP contribution is -2.51. The molecule has 3 aliphatic rings. The molecule has 5 heterocycles. The Balaban J connectivity index is 1.18. The molecule has 3 aromatic rings. The van der Waals surface area contributed by atoms with E-state index in [9.17, 15) is 13.6 Å². The smallest absolute Gasteiger partial charge is 0.258 e. The molecule has 6 rings (SSSR count). The summed E-state index contributed by atoms with van der Waals surface area (Å²) in [5, 5.41) is 8.41. The fourth-order valence-electron chi connectivity index (χ4n) is 5.04. The Bertz CT molecular complexity index is 1280. The van der Waals surface area contributed by atoms with Crippen molar-refractivity contribution in [3.63, 3.8) is 0 Å². The molecule has 1 aliphatic carbocycles. The predicted octanol–water partition coefficient (Wildman–Crippen LogP) is 2.80. The van der Waals surface area contributed by atoms with E-state index in [0.29, 0.717) is 17.2 Å². The average molecular weight is 469 g/mol. The summed E-state index contributed by atoms with van der Waals surface area (Å²) in [5.74, 6) is -2.00. The number of hydrogen-bond acceptors (Lipinski definition) is 7. The summed E-state index contributed by atoms with van der Waals surface area (Å²) >= 11 is 0. The van der Waals surface area contributed by atoms with Crippen molar-refractivity contribution in [2.45, 2.75) is 44.7 Å². The third-order valence-electron chi connectivity index (χ3n) is 7.36. The topological polar surface area (TPSA) is 85.0 Å². The molecule has 1 spiro atoms. The van der Waals surface area contributed by atoms with Crippen LogP contribution in [0.15, 0.2) is 41.7 Å². The molecule has 1 atom stereocenters. The molecule has 34 heavy (non-hydrogen) atoms. The van der Waals surface area contributed by atoms with Gasteiger partial charge in [-0.05, 0) is 32.3 Å². The Morgan fingerprint density at radius 1 is 1.06 bits per heavy atom. The minimum absolute atomic E-state index is 0.0474. The summed E-state index contributed by atoms with van der Waals surface area (Å²) in [5.41, 5.74) is 0.993. The molecule has 178 valence electrons. The maximum Gasteiger partial charge on any atom is 0.258 e. The first-order valence-electron chi connectivity index (χ1n) is 11.7. The second-order valence-electron chi connectivity index (χ2n) is 9.67. The lowest BCUT2D eigenvalue weighted by molar-refractivity contribution is 0.0518. The first-order chi connectivity index (χ1) is 16.4. The van der Waals surface area contributed by atoms with Gasteiger partial charge in [-0.3, -0.25) is 14.3 Å². The van der Waals surface area contributed by atoms with E-state index < -0.39 is 11.3 Å². The van der Waals surface area contributed by atoms with Gasteiger partial charge in [-0.25, -0.2) is 18.4 Å². The van der Waals surface area contributed by atoms with Crippen LogP contribution in [-0.4, -0.2) is 61.6 Å². The second-order valence-corrected chi connectivity index (χ2v) is 9.67. The second kappa shape index (κ2) is 7.57. The van der Waals surface area contributed by atoms with Gasteiger partial charge in [0.25, 0.3) is 11.5 Å². The quantitative estimate of drug-likeness (QED) is 0.569. The van der Waals surface area contributed by atoms with Gasteiger partial charge >= 0.3 is 0 Å². The minimum Gasteiger partial charge on any atom is -0.371 e. The van der Waals surface area contributed by atoms with E-state index in [1.54, 1.807) is 40.1 Å². The number of anilines is 2. The molecule has 3 aromatic heterocycles. The van der Waals surface area contributed by atoms with Crippen molar-refractivity contribution in [3.8, 4) is 11.4 Å². The summed E-state index contributed by atoms with van der Waals surface area (Å²) in [6.45, 7) is 4.41. The molecular formula is C23H26F2N8O. The first-order valence-corrected chi connectivity index (χ1v) is 11.7. The van der Waals surface area contributed by atoms with E-state index in [4.69, 9.17) is 0 Å². The summed E-state index contributed by atoms with van der Waals surface area (Å²) in [7, 11) is 0. The number of alkyl halides is 2. The van der Waals surface area contributed by atoms with Crippen LogP contribution in [0.5, 0.6) is 0 Å². The maximum atomic E-state index is 13.5. The molecule has 11 heteroatoms. The molecule has 0 N–H and O–H groups in total. The van der Waals surface area contributed by atoms with Crippen molar-refractivity contribution in [3.05, 3.63) is 47.3 Å². The highest BCUT2D eigenvalue weighted by Gasteiger charge is 2.76. The Labute approximate surface area is 195 Å². The Morgan fingerprint density at radius 3 is 2.53 bits per heavy atom. The largest absolute Gasteiger partial charge is 0.371 e. The monoisotopic (exact) mass is 468 g/mol. The number of pyridine rings is 1. The van der Waals surface area contributed by atoms with Crippen LogP contribution in [0.4, 0.5) is 20.3 Å². The SMILES string of the molecule is CC(n1cc(-c2cncc(N3CC4(C3)CC4(F)F)n2)nn1)n1ccc(N2CCCCC2)cc1=O. The fourth-order valence-corrected chi connectivity index (χ4v) is 5.04. The zero-order chi connectivity index (χ0) is 23.5. The molecule has 0 radical (unpaired) electrons. The van der Waals surface area contributed by atoms with Gasteiger partial charge < -0.3 is 9.80 Å². The molecule has 9 nitrogen and oxygen atoms in total. The molecule has 0 amide bonds. The van der Waals surface area contributed by atoms with Crippen LogP contribution in [0.1, 0.15) is 38.8 Å². The number of halogens is 2. The van der Waals surface area contributed by atoms with E-state index in [1.165, 1.54) is 6.42 Å². The van der Waals surface area contributed by atoms with Gasteiger partial charge in [0.2, 0.25) is 0 Å². The summed E-state index contributed by atoms with van der Waals surface area (Å²) in [6, 6.07) is 3.65. The average Bonchev–Trinajstić information content (AvgIpc) is 3.16. The number of aromatic nitrogens is 6. The van der Waals surface area contributed by atoms with E-state index in [1.807, 2.05) is 17.9 Å². The lowest BCUT2D eigenvalue weighted by atomic mass is 9.96. The van der Waals surface area contributed by atoms with Gasteiger partial charge in [0.15, 0.2) is 0 Å². The van der Waals surface area contributed by atoms with Crippen molar-refractivity contribution in [1.29, 1.82) is 0 Å². The Kier molecular flexibility index (Phi) is 4.72. The highest BCUT2D eigenvalue weighted by atomic mass is 19.3. The Hall–Kier alpha value is -3.37. The van der Waals surface area contributed by atoms with Gasteiger partial charge in [0, 0.05) is 50.6 Å². The zero-order valence-electron chi connectivity index (χ0n) is 18.9. The number of hydrogen-bond donors (Lipinski definition) is 0. The molecule has 1 unspecified atom stereocenters. The van der Waals surface area contributed by atoms with Crippen molar-refractivity contribution < 1.29 is 8.78 Å².